The average Bonchev–Trinajstić information content (AvgIpc) is 2.76. The van der Waals surface area contributed by atoms with Crippen molar-refractivity contribution in [1.29, 1.82) is 0 Å². The molecule has 0 radical (unpaired) electrons. The lowest BCUT2D eigenvalue weighted by Crippen LogP contribution is -2.46. The summed E-state index contributed by atoms with van der Waals surface area (Å²) in [7, 11) is 0. The first-order valence-electron chi connectivity index (χ1n) is 7.70. The number of ether oxygens (including phenoxy) is 2. The molecule has 22 heavy (non-hydrogen) atoms. The van der Waals surface area contributed by atoms with Gasteiger partial charge in [0.2, 0.25) is 0 Å². The van der Waals surface area contributed by atoms with Crippen LogP contribution in [0.25, 0.3) is 0 Å². The van der Waals surface area contributed by atoms with Gasteiger partial charge in [-0.3, -0.25) is 0 Å². The predicted molar refractivity (Wildman–Crippen MR) is 87.7 cm³/mol. The molecule has 0 aliphatic carbocycles. The smallest absolute Gasteiger partial charge is 0.410 e. The highest BCUT2D eigenvalue weighted by Gasteiger charge is 2.43. The van der Waals surface area contributed by atoms with Gasteiger partial charge in [0.15, 0.2) is 0 Å². The molecule has 2 heterocycles. The van der Waals surface area contributed by atoms with E-state index in [1.807, 2.05) is 20.8 Å². The largest absolute Gasteiger partial charge is 0.444 e. The SMILES string of the molecule is CC(C)(C)OC(=O)N1CCC2(CC1)OCc1ccc(Br)cc12. The molecular weight excluding hydrogens is 346 g/mol. The van der Waals surface area contributed by atoms with Crippen LogP contribution >= 0.6 is 15.9 Å². The second kappa shape index (κ2) is 5.53. The Morgan fingerprint density at radius 3 is 2.64 bits per heavy atom. The van der Waals surface area contributed by atoms with E-state index >= 15 is 0 Å². The number of hydrogen-bond donors (Lipinski definition) is 0. The van der Waals surface area contributed by atoms with Crippen LogP contribution in [-0.4, -0.2) is 29.7 Å². The van der Waals surface area contributed by atoms with Crippen molar-refractivity contribution >= 4 is 22.0 Å². The van der Waals surface area contributed by atoms with Crippen LogP contribution < -0.4 is 0 Å². The molecular formula is C17H22BrNO3. The minimum absolute atomic E-state index is 0.227. The van der Waals surface area contributed by atoms with E-state index in [1.54, 1.807) is 4.90 Å². The number of rotatable bonds is 0. The van der Waals surface area contributed by atoms with Crippen LogP contribution in [0.3, 0.4) is 0 Å². The van der Waals surface area contributed by atoms with Crippen molar-refractivity contribution in [2.75, 3.05) is 13.1 Å². The molecule has 1 amide bonds. The summed E-state index contributed by atoms with van der Waals surface area (Å²) >= 11 is 3.54. The molecule has 1 spiro atoms. The Morgan fingerprint density at radius 2 is 2.00 bits per heavy atom. The zero-order valence-electron chi connectivity index (χ0n) is 13.3. The van der Waals surface area contributed by atoms with Gasteiger partial charge in [0.05, 0.1) is 12.2 Å². The van der Waals surface area contributed by atoms with Crippen molar-refractivity contribution in [3.63, 3.8) is 0 Å². The highest BCUT2D eigenvalue weighted by Crippen LogP contribution is 2.45. The second-order valence-electron chi connectivity index (χ2n) is 7.05. The van der Waals surface area contributed by atoms with Crippen LogP contribution in [-0.2, 0) is 21.7 Å². The van der Waals surface area contributed by atoms with Gasteiger partial charge < -0.3 is 14.4 Å². The first-order chi connectivity index (χ1) is 10.3. The molecule has 5 heteroatoms. The topological polar surface area (TPSA) is 38.8 Å². The molecule has 2 aliphatic heterocycles. The summed E-state index contributed by atoms with van der Waals surface area (Å²) in [5.41, 5.74) is 1.84. The molecule has 1 aromatic rings. The minimum atomic E-state index is -0.451. The molecule has 0 bridgehead atoms. The van der Waals surface area contributed by atoms with Crippen molar-refractivity contribution in [3.8, 4) is 0 Å². The number of carbonyl (C=O) groups is 1. The number of hydrogen-bond acceptors (Lipinski definition) is 3. The number of benzene rings is 1. The maximum Gasteiger partial charge on any atom is 0.410 e. The monoisotopic (exact) mass is 367 g/mol. The van der Waals surface area contributed by atoms with E-state index in [4.69, 9.17) is 9.47 Å². The first kappa shape index (κ1) is 15.8. The molecule has 0 N–H and O–H groups in total. The lowest BCUT2D eigenvalue weighted by molar-refractivity contribution is -0.0797. The van der Waals surface area contributed by atoms with Crippen LogP contribution in [0.5, 0.6) is 0 Å². The Hall–Kier alpha value is -1.07. The van der Waals surface area contributed by atoms with E-state index in [9.17, 15) is 4.79 Å². The number of halogens is 1. The van der Waals surface area contributed by atoms with Crippen LogP contribution in [0.2, 0.25) is 0 Å². The quantitative estimate of drug-likeness (QED) is 0.689. The number of likely N-dealkylation sites (tertiary alicyclic amines) is 1. The molecule has 120 valence electrons. The Bertz CT molecular complexity index is 586. The standard InChI is InChI=1S/C17H22BrNO3/c1-16(2,3)22-15(20)19-8-6-17(7-9-19)14-10-13(18)5-4-12(14)11-21-17/h4-5,10H,6-9,11H2,1-3H3. The molecule has 4 nitrogen and oxygen atoms in total. The fourth-order valence-electron chi connectivity index (χ4n) is 3.18. The lowest BCUT2D eigenvalue weighted by Gasteiger charge is -2.39. The fourth-order valence-corrected chi connectivity index (χ4v) is 3.54. The van der Waals surface area contributed by atoms with Gasteiger partial charge in [-0.1, -0.05) is 22.0 Å². The van der Waals surface area contributed by atoms with Crippen molar-refractivity contribution in [2.24, 2.45) is 0 Å². The van der Waals surface area contributed by atoms with E-state index in [1.165, 1.54) is 11.1 Å². The number of fused-ring (bicyclic) bond motifs is 2. The third-order valence-corrected chi connectivity index (χ3v) is 4.78. The maximum atomic E-state index is 12.2. The number of carbonyl (C=O) groups excluding carboxylic acids is 1. The summed E-state index contributed by atoms with van der Waals surface area (Å²) in [6.45, 7) is 7.68. The number of amides is 1. The summed E-state index contributed by atoms with van der Waals surface area (Å²) < 4.78 is 12.7. The van der Waals surface area contributed by atoms with Gasteiger partial charge in [0.1, 0.15) is 5.60 Å². The predicted octanol–water partition coefficient (Wildman–Crippen LogP) is 4.21. The normalized spacial score (nSPS) is 20.1. The van der Waals surface area contributed by atoms with E-state index in [0.29, 0.717) is 19.7 Å². The Balaban J connectivity index is 1.71. The summed E-state index contributed by atoms with van der Waals surface area (Å²) in [5, 5.41) is 0. The molecule has 1 aromatic carbocycles. The van der Waals surface area contributed by atoms with Crippen LogP contribution in [0.1, 0.15) is 44.7 Å². The Labute approximate surface area is 139 Å². The van der Waals surface area contributed by atoms with Crippen molar-refractivity contribution in [2.45, 2.75) is 51.4 Å². The third kappa shape index (κ3) is 3.01. The molecule has 0 aromatic heterocycles. The lowest BCUT2D eigenvalue weighted by atomic mass is 9.84. The van der Waals surface area contributed by atoms with Gasteiger partial charge in [0, 0.05) is 17.6 Å². The van der Waals surface area contributed by atoms with Gasteiger partial charge in [-0.05, 0) is 56.9 Å². The Morgan fingerprint density at radius 1 is 1.32 bits per heavy atom. The third-order valence-electron chi connectivity index (χ3n) is 4.29. The van der Waals surface area contributed by atoms with Crippen LogP contribution in [0, 0.1) is 0 Å². The average molecular weight is 368 g/mol. The highest BCUT2D eigenvalue weighted by atomic mass is 79.9. The zero-order chi connectivity index (χ0) is 16.0. The van der Waals surface area contributed by atoms with Crippen LogP contribution in [0.4, 0.5) is 4.79 Å². The molecule has 3 rings (SSSR count). The molecule has 2 aliphatic rings. The fraction of sp³-hybridized carbons (Fsp3) is 0.588. The molecule has 0 atom stereocenters. The van der Waals surface area contributed by atoms with Gasteiger partial charge >= 0.3 is 6.09 Å². The zero-order valence-corrected chi connectivity index (χ0v) is 14.9. The number of piperidine rings is 1. The van der Waals surface area contributed by atoms with E-state index in [0.717, 1.165) is 17.3 Å². The highest BCUT2D eigenvalue weighted by molar-refractivity contribution is 9.10. The van der Waals surface area contributed by atoms with Crippen molar-refractivity contribution in [3.05, 3.63) is 33.8 Å². The van der Waals surface area contributed by atoms with Gasteiger partial charge in [-0.15, -0.1) is 0 Å². The summed E-state index contributed by atoms with van der Waals surface area (Å²) in [4.78, 5) is 14.0. The van der Waals surface area contributed by atoms with E-state index in [-0.39, 0.29) is 11.7 Å². The Kier molecular flexibility index (Phi) is 3.98. The van der Waals surface area contributed by atoms with E-state index < -0.39 is 5.60 Å². The molecule has 1 saturated heterocycles. The van der Waals surface area contributed by atoms with Gasteiger partial charge in [-0.2, -0.15) is 0 Å². The van der Waals surface area contributed by atoms with E-state index in [2.05, 4.69) is 34.1 Å². The molecule has 1 fully saturated rings. The first-order valence-corrected chi connectivity index (χ1v) is 8.49. The van der Waals surface area contributed by atoms with Crippen molar-refractivity contribution < 1.29 is 14.3 Å². The maximum absolute atomic E-state index is 12.2. The minimum Gasteiger partial charge on any atom is -0.444 e. The van der Waals surface area contributed by atoms with Gasteiger partial charge in [0.25, 0.3) is 0 Å². The summed E-state index contributed by atoms with van der Waals surface area (Å²) in [5.74, 6) is 0. The summed E-state index contributed by atoms with van der Waals surface area (Å²) in [6, 6.07) is 6.33. The molecule has 0 unspecified atom stereocenters. The van der Waals surface area contributed by atoms with Crippen LogP contribution in [0.15, 0.2) is 22.7 Å². The van der Waals surface area contributed by atoms with Gasteiger partial charge in [-0.25, -0.2) is 4.79 Å². The molecule has 0 saturated carbocycles. The van der Waals surface area contributed by atoms with Crippen molar-refractivity contribution in [1.82, 2.24) is 4.90 Å². The second-order valence-corrected chi connectivity index (χ2v) is 7.97. The number of nitrogens with zero attached hydrogens (tertiary/aromatic N) is 1. The summed E-state index contributed by atoms with van der Waals surface area (Å²) in [6.07, 6.45) is 1.40.